The number of carbonyl (C=O) groups excluding carboxylic acids is 1. The summed E-state index contributed by atoms with van der Waals surface area (Å²) in [5.41, 5.74) is 10.1. The number of carbonyl (C=O) groups is 1. The first-order chi connectivity index (χ1) is 18.1. The largest absolute Gasteiger partial charge is 0.382 e. The van der Waals surface area contributed by atoms with Crippen molar-refractivity contribution in [3.63, 3.8) is 0 Å². The van der Waals surface area contributed by atoms with Gasteiger partial charge in [-0.3, -0.25) is 19.7 Å². The lowest BCUT2D eigenvalue weighted by Crippen LogP contribution is -2.36. The number of nitrogen functional groups attached to an aromatic ring is 1. The lowest BCUT2D eigenvalue weighted by molar-refractivity contribution is 0.0925. The summed E-state index contributed by atoms with van der Waals surface area (Å²) >= 11 is 0. The maximum Gasteiger partial charge on any atom is 0.274 e. The van der Waals surface area contributed by atoms with Gasteiger partial charge in [0.05, 0.1) is 46.0 Å². The Balaban J connectivity index is 1.48. The van der Waals surface area contributed by atoms with Gasteiger partial charge in [-0.25, -0.2) is 9.97 Å². The Labute approximate surface area is 212 Å². The average molecular weight is 485 g/mol. The molecule has 37 heavy (non-hydrogen) atoms. The Morgan fingerprint density at radius 3 is 2.57 bits per heavy atom. The number of amides is 1. The van der Waals surface area contributed by atoms with Crippen LogP contribution >= 0.6 is 0 Å². The molecule has 0 aliphatic heterocycles. The van der Waals surface area contributed by atoms with Crippen LogP contribution < -0.4 is 11.1 Å². The first-order valence-corrected chi connectivity index (χ1v) is 11.7. The van der Waals surface area contributed by atoms with E-state index in [1.807, 2.05) is 36.4 Å². The number of nitriles is 1. The molecule has 1 aliphatic rings. The lowest BCUT2D eigenvalue weighted by Gasteiger charge is -2.18. The van der Waals surface area contributed by atoms with Crippen molar-refractivity contribution in [2.45, 2.75) is 18.4 Å². The van der Waals surface area contributed by atoms with Gasteiger partial charge in [-0.15, -0.1) is 0 Å². The van der Waals surface area contributed by atoms with E-state index in [-0.39, 0.29) is 11.5 Å². The van der Waals surface area contributed by atoms with Gasteiger partial charge < -0.3 is 11.1 Å². The van der Waals surface area contributed by atoms with E-state index in [0.29, 0.717) is 28.2 Å². The van der Waals surface area contributed by atoms with Gasteiger partial charge in [0.15, 0.2) is 11.5 Å². The van der Waals surface area contributed by atoms with Crippen molar-refractivity contribution in [1.29, 1.82) is 5.26 Å². The molecule has 0 saturated heterocycles. The van der Waals surface area contributed by atoms with E-state index in [1.165, 1.54) is 0 Å². The Kier molecular flexibility index (Phi) is 5.27. The number of benzene rings is 2. The molecule has 3 N–H and O–H groups in total. The molecular weight excluding hydrogens is 464 g/mol. The fourth-order valence-electron chi connectivity index (χ4n) is 4.37. The second-order valence-corrected chi connectivity index (χ2v) is 8.89. The van der Waals surface area contributed by atoms with E-state index in [0.717, 1.165) is 29.3 Å². The van der Waals surface area contributed by atoms with Crippen LogP contribution in [-0.2, 0) is 5.54 Å². The molecule has 5 aromatic rings. The second-order valence-electron chi connectivity index (χ2n) is 8.89. The Hall–Kier alpha value is -5.23. The summed E-state index contributed by atoms with van der Waals surface area (Å²) in [4.78, 5) is 35.7. The highest BCUT2D eigenvalue weighted by Gasteiger charge is 2.47. The first kappa shape index (κ1) is 22.2. The van der Waals surface area contributed by atoms with Crippen LogP contribution in [-0.4, -0.2) is 30.8 Å². The normalized spacial score (nSPS) is 13.6. The molecule has 1 aliphatic carbocycles. The minimum atomic E-state index is -0.589. The van der Waals surface area contributed by atoms with Gasteiger partial charge in [0.25, 0.3) is 5.91 Å². The quantitative estimate of drug-likeness (QED) is 0.381. The van der Waals surface area contributed by atoms with Crippen LogP contribution in [0.4, 0.5) is 5.82 Å². The number of aromatic nitrogens is 5. The molecular formula is C28H20N8O. The summed E-state index contributed by atoms with van der Waals surface area (Å²) in [6.07, 6.45) is 8.07. The number of nitrogens with two attached hydrogens (primary N) is 1. The number of fused-ring (bicyclic) bond motifs is 1. The van der Waals surface area contributed by atoms with E-state index in [9.17, 15) is 10.1 Å². The number of anilines is 1. The van der Waals surface area contributed by atoms with Crippen molar-refractivity contribution in [1.82, 2.24) is 30.2 Å². The number of nitrogens with one attached hydrogen (secondary N) is 1. The standard InChI is InChI=1S/C28H20N8O/c29-15-17-3-1-4-19(13-17)24-23(20-6-7-21-18(14-20)5-2-10-32-21)34-25(26(30)35-24)27(37)36-28(8-9-28)22-16-31-11-12-33-22/h1-7,10-14,16H,8-9H2,(H2,30,35)(H,36,37). The fraction of sp³-hybridized carbons (Fsp3) is 0.107. The van der Waals surface area contributed by atoms with E-state index in [1.54, 1.807) is 43.0 Å². The van der Waals surface area contributed by atoms with E-state index < -0.39 is 11.4 Å². The topological polar surface area (TPSA) is 143 Å². The molecule has 178 valence electrons. The average Bonchev–Trinajstić information content (AvgIpc) is 3.73. The maximum atomic E-state index is 13.4. The van der Waals surface area contributed by atoms with Crippen molar-refractivity contribution in [2.75, 3.05) is 5.73 Å². The van der Waals surface area contributed by atoms with E-state index >= 15 is 0 Å². The van der Waals surface area contributed by atoms with Gasteiger partial charge >= 0.3 is 0 Å². The van der Waals surface area contributed by atoms with Gasteiger partial charge in [0.2, 0.25) is 0 Å². The van der Waals surface area contributed by atoms with Crippen LogP contribution in [0, 0.1) is 11.3 Å². The molecule has 0 spiro atoms. The smallest absolute Gasteiger partial charge is 0.274 e. The SMILES string of the molecule is N#Cc1cccc(-c2nc(N)c(C(=O)NC3(c4cnccn4)CC3)nc2-c2ccc3ncccc3c2)c1. The van der Waals surface area contributed by atoms with Crippen molar-refractivity contribution in [3.8, 4) is 28.6 Å². The Morgan fingerprint density at radius 2 is 1.78 bits per heavy atom. The van der Waals surface area contributed by atoms with Crippen molar-refractivity contribution in [2.24, 2.45) is 0 Å². The van der Waals surface area contributed by atoms with E-state index in [2.05, 4.69) is 31.3 Å². The molecule has 1 fully saturated rings. The third kappa shape index (κ3) is 4.10. The van der Waals surface area contributed by atoms with Gasteiger partial charge in [0, 0.05) is 35.1 Å². The predicted molar refractivity (Wildman–Crippen MR) is 138 cm³/mol. The zero-order chi connectivity index (χ0) is 25.4. The molecule has 6 rings (SSSR count). The molecule has 3 aromatic heterocycles. The zero-order valence-electron chi connectivity index (χ0n) is 19.6. The molecule has 1 saturated carbocycles. The van der Waals surface area contributed by atoms with Gasteiger partial charge in [-0.05, 0) is 43.2 Å². The van der Waals surface area contributed by atoms with Gasteiger partial charge in [-0.2, -0.15) is 5.26 Å². The predicted octanol–water partition coefficient (Wildman–Crippen LogP) is 4.02. The van der Waals surface area contributed by atoms with Crippen LogP contribution in [0.2, 0.25) is 0 Å². The first-order valence-electron chi connectivity index (χ1n) is 11.7. The Morgan fingerprint density at radius 1 is 0.946 bits per heavy atom. The minimum absolute atomic E-state index is 0.00369. The number of rotatable bonds is 5. The van der Waals surface area contributed by atoms with Crippen LogP contribution in [0.5, 0.6) is 0 Å². The summed E-state index contributed by atoms with van der Waals surface area (Å²) < 4.78 is 0. The molecule has 0 unspecified atom stereocenters. The highest BCUT2D eigenvalue weighted by atomic mass is 16.2. The highest BCUT2D eigenvalue weighted by Crippen LogP contribution is 2.44. The summed E-state index contributed by atoms with van der Waals surface area (Å²) in [5.74, 6) is -0.440. The molecule has 1 amide bonds. The number of nitrogens with zero attached hydrogens (tertiary/aromatic N) is 6. The zero-order valence-corrected chi connectivity index (χ0v) is 19.6. The van der Waals surface area contributed by atoms with Crippen LogP contribution in [0.25, 0.3) is 33.4 Å². The summed E-state index contributed by atoms with van der Waals surface area (Å²) in [6.45, 7) is 0. The third-order valence-corrected chi connectivity index (χ3v) is 6.44. The van der Waals surface area contributed by atoms with Crippen molar-refractivity contribution < 1.29 is 4.79 Å². The highest BCUT2D eigenvalue weighted by molar-refractivity contribution is 5.99. The molecule has 0 radical (unpaired) electrons. The molecule has 0 bridgehead atoms. The number of hydrogen-bond acceptors (Lipinski definition) is 8. The summed E-state index contributed by atoms with van der Waals surface area (Å²) in [7, 11) is 0. The molecule has 9 heteroatoms. The van der Waals surface area contributed by atoms with Crippen LogP contribution in [0.3, 0.4) is 0 Å². The number of pyridine rings is 1. The molecule has 3 heterocycles. The van der Waals surface area contributed by atoms with Gasteiger partial charge in [0.1, 0.15) is 0 Å². The van der Waals surface area contributed by atoms with Crippen LogP contribution in [0.1, 0.15) is 34.6 Å². The van der Waals surface area contributed by atoms with Crippen LogP contribution in [0.15, 0.2) is 79.4 Å². The molecule has 9 nitrogen and oxygen atoms in total. The van der Waals surface area contributed by atoms with E-state index in [4.69, 9.17) is 10.7 Å². The lowest BCUT2D eigenvalue weighted by atomic mass is 10.0. The monoisotopic (exact) mass is 484 g/mol. The summed E-state index contributed by atoms with van der Waals surface area (Å²) in [5, 5.41) is 13.4. The van der Waals surface area contributed by atoms with Crippen molar-refractivity contribution >= 4 is 22.6 Å². The van der Waals surface area contributed by atoms with Crippen molar-refractivity contribution in [3.05, 3.63) is 96.3 Å². The summed E-state index contributed by atoms with van der Waals surface area (Å²) in [6, 6.07) is 18.7. The minimum Gasteiger partial charge on any atom is -0.382 e. The number of hydrogen-bond donors (Lipinski definition) is 2. The maximum absolute atomic E-state index is 13.4. The van der Waals surface area contributed by atoms with Gasteiger partial charge in [-0.1, -0.05) is 24.3 Å². The molecule has 0 atom stereocenters. The molecule has 2 aromatic carbocycles. The Bertz CT molecular complexity index is 1710. The fourth-order valence-corrected chi connectivity index (χ4v) is 4.37. The third-order valence-electron chi connectivity index (χ3n) is 6.44. The second kappa shape index (κ2) is 8.77.